The molecule has 3 aromatic rings. The molecule has 0 aliphatic rings. The summed E-state index contributed by atoms with van der Waals surface area (Å²) in [5.41, 5.74) is 7.25. The highest BCUT2D eigenvalue weighted by molar-refractivity contribution is 5.96. The van der Waals surface area contributed by atoms with Gasteiger partial charge >= 0.3 is 0 Å². The molecule has 0 unspecified atom stereocenters. The summed E-state index contributed by atoms with van der Waals surface area (Å²) in [5.74, 6) is 1.03. The maximum atomic E-state index is 11.1. The minimum absolute atomic E-state index is 0.338. The van der Waals surface area contributed by atoms with Crippen LogP contribution in [-0.4, -0.2) is 15.9 Å². The fraction of sp³-hybridized carbons (Fsp3) is 0.0667. The highest BCUT2D eigenvalue weighted by Crippen LogP contribution is 2.15. The molecular weight excluding hydrogens is 254 g/mol. The van der Waals surface area contributed by atoms with Gasteiger partial charge in [-0.2, -0.15) is 0 Å². The molecule has 100 valence electrons. The van der Waals surface area contributed by atoms with Crippen molar-refractivity contribution >= 4 is 16.9 Å². The van der Waals surface area contributed by atoms with E-state index in [1.54, 1.807) is 18.2 Å². The Bertz CT molecular complexity index is 750. The van der Waals surface area contributed by atoms with E-state index in [9.17, 15) is 4.79 Å². The first-order chi connectivity index (χ1) is 9.72. The number of carbonyl (C=O) groups is 1. The molecule has 0 saturated carbocycles. The lowest BCUT2D eigenvalue weighted by Crippen LogP contribution is -2.10. The minimum Gasteiger partial charge on any atom is -0.486 e. The number of aromatic nitrogens is 2. The molecule has 5 nitrogen and oxygen atoms in total. The molecule has 0 atom stereocenters. The number of amides is 1. The lowest BCUT2D eigenvalue weighted by atomic mass is 10.2. The van der Waals surface area contributed by atoms with Crippen LogP contribution in [0.15, 0.2) is 48.5 Å². The van der Waals surface area contributed by atoms with Gasteiger partial charge in [0.25, 0.3) is 0 Å². The second-order valence-corrected chi connectivity index (χ2v) is 4.38. The zero-order valence-corrected chi connectivity index (χ0v) is 10.7. The third kappa shape index (κ3) is 2.47. The lowest BCUT2D eigenvalue weighted by molar-refractivity contribution is 0.100. The molecule has 0 aliphatic carbocycles. The summed E-state index contributed by atoms with van der Waals surface area (Å²) in [6, 6.07) is 14.6. The van der Waals surface area contributed by atoms with Crippen molar-refractivity contribution in [1.82, 2.24) is 9.97 Å². The number of benzene rings is 2. The van der Waals surface area contributed by atoms with E-state index in [0.29, 0.717) is 18.0 Å². The van der Waals surface area contributed by atoms with Crippen LogP contribution in [0.5, 0.6) is 5.75 Å². The summed E-state index contributed by atoms with van der Waals surface area (Å²) in [7, 11) is 0. The number of carbonyl (C=O) groups excluding carboxylic acids is 1. The van der Waals surface area contributed by atoms with Crippen molar-refractivity contribution < 1.29 is 9.53 Å². The van der Waals surface area contributed by atoms with Gasteiger partial charge in [-0.3, -0.25) is 4.79 Å². The summed E-state index contributed by atoms with van der Waals surface area (Å²) in [4.78, 5) is 18.6. The Kier molecular flexibility index (Phi) is 3.09. The number of aromatic amines is 1. The maximum Gasteiger partial charge on any atom is 0.248 e. The van der Waals surface area contributed by atoms with Crippen LogP contribution in [0.1, 0.15) is 16.2 Å². The number of nitrogens with one attached hydrogen (secondary N) is 1. The molecule has 1 aromatic heterocycles. The van der Waals surface area contributed by atoms with Crippen molar-refractivity contribution in [3.63, 3.8) is 0 Å². The van der Waals surface area contributed by atoms with Gasteiger partial charge in [0.1, 0.15) is 18.2 Å². The summed E-state index contributed by atoms with van der Waals surface area (Å²) in [5, 5.41) is 0. The molecule has 0 saturated heterocycles. The van der Waals surface area contributed by atoms with Gasteiger partial charge in [-0.1, -0.05) is 18.2 Å². The fourth-order valence-corrected chi connectivity index (χ4v) is 1.95. The highest BCUT2D eigenvalue weighted by Gasteiger charge is 2.06. The molecule has 5 heteroatoms. The van der Waals surface area contributed by atoms with E-state index in [2.05, 4.69) is 9.97 Å². The number of fused-ring (bicyclic) bond motifs is 1. The van der Waals surface area contributed by atoms with E-state index in [0.717, 1.165) is 16.8 Å². The van der Waals surface area contributed by atoms with Gasteiger partial charge < -0.3 is 15.5 Å². The van der Waals surface area contributed by atoms with Crippen LogP contribution in [0.25, 0.3) is 11.0 Å². The Morgan fingerprint density at radius 3 is 2.75 bits per heavy atom. The molecular formula is C15H13N3O2. The Balaban J connectivity index is 1.80. The van der Waals surface area contributed by atoms with E-state index in [1.807, 2.05) is 30.3 Å². The number of hydrogen-bond donors (Lipinski definition) is 2. The second-order valence-electron chi connectivity index (χ2n) is 4.38. The van der Waals surface area contributed by atoms with Gasteiger partial charge in [0.05, 0.1) is 11.0 Å². The van der Waals surface area contributed by atoms with Gasteiger partial charge in [-0.05, 0) is 30.3 Å². The number of nitrogens with two attached hydrogens (primary N) is 1. The quantitative estimate of drug-likeness (QED) is 0.760. The van der Waals surface area contributed by atoms with Crippen LogP contribution in [-0.2, 0) is 6.61 Å². The van der Waals surface area contributed by atoms with E-state index in [4.69, 9.17) is 10.5 Å². The molecule has 0 fully saturated rings. The molecule has 0 aliphatic heterocycles. The number of hydrogen-bond acceptors (Lipinski definition) is 3. The van der Waals surface area contributed by atoms with Crippen LogP contribution >= 0.6 is 0 Å². The molecule has 1 heterocycles. The number of ether oxygens (including phenoxy) is 1. The lowest BCUT2D eigenvalue weighted by Gasteiger charge is -2.02. The molecule has 0 radical (unpaired) electrons. The molecule has 0 spiro atoms. The molecule has 20 heavy (non-hydrogen) atoms. The number of primary amides is 1. The number of rotatable bonds is 4. The number of nitrogens with zero attached hydrogens (tertiary/aromatic N) is 1. The summed E-state index contributed by atoms with van der Waals surface area (Å²) in [6.45, 7) is 0.338. The minimum atomic E-state index is -0.455. The number of H-pyrrole nitrogens is 1. The van der Waals surface area contributed by atoms with Crippen molar-refractivity contribution in [3.8, 4) is 5.75 Å². The second kappa shape index (κ2) is 5.05. The summed E-state index contributed by atoms with van der Waals surface area (Å²) < 4.78 is 5.61. The van der Waals surface area contributed by atoms with Gasteiger partial charge in [-0.25, -0.2) is 4.98 Å². The van der Waals surface area contributed by atoms with Crippen molar-refractivity contribution in [2.24, 2.45) is 5.73 Å². The van der Waals surface area contributed by atoms with Crippen molar-refractivity contribution in [3.05, 3.63) is 59.9 Å². The van der Waals surface area contributed by atoms with Crippen LogP contribution in [0, 0.1) is 0 Å². The third-order valence-electron chi connectivity index (χ3n) is 2.93. The number of para-hydroxylation sites is 1. The zero-order chi connectivity index (χ0) is 13.9. The highest BCUT2D eigenvalue weighted by atomic mass is 16.5. The van der Waals surface area contributed by atoms with Crippen LogP contribution in [0.4, 0.5) is 0 Å². The molecule has 3 rings (SSSR count). The average Bonchev–Trinajstić information content (AvgIpc) is 2.88. The largest absolute Gasteiger partial charge is 0.486 e. The van der Waals surface area contributed by atoms with Gasteiger partial charge in [0, 0.05) is 5.56 Å². The molecule has 3 N–H and O–H groups in total. The summed E-state index contributed by atoms with van der Waals surface area (Å²) >= 11 is 0. The Labute approximate surface area is 115 Å². The predicted octanol–water partition coefficient (Wildman–Crippen LogP) is 2.24. The van der Waals surface area contributed by atoms with E-state index >= 15 is 0 Å². The maximum absolute atomic E-state index is 11.1. The molecule has 2 aromatic carbocycles. The van der Waals surface area contributed by atoms with Crippen LogP contribution in [0.2, 0.25) is 0 Å². The standard InChI is InChI=1S/C15H13N3O2/c16-15(19)10-6-7-12-13(8-10)18-14(17-12)9-20-11-4-2-1-3-5-11/h1-8H,9H2,(H2,16,19)(H,17,18). The SMILES string of the molecule is NC(=O)c1ccc2nc(COc3ccccc3)[nH]c2c1. The van der Waals surface area contributed by atoms with Gasteiger partial charge in [0.2, 0.25) is 5.91 Å². The van der Waals surface area contributed by atoms with E-state index in [1.165, 1.54) is 0 Å². The zero-order valence-electron chi connectivity index (χ0n) is 10.7. The Morgan fingerprint density at radius 1 is 1.20 bits per heavy atom. The Morgan fingerprint density at radius 2 is 2.00 bits per heavy atom. The third-order valence-corrected chi connectivity index (χ3v) is 2.93. The Hall–Kier alpha value is -2.82. The van der Waals surface area contributed by atoms with Crippen LogP contribution in [0.3, 0.4) is 0 Å². The van der Waals surface area contributed by atoms with Crippen molar-refractivity contribution in [1.29, 1.82) is 0 Å². The average molecular weight is 267 g/mol. The van der Waals surface area contributed by atoms with Gasteiger partial charge in [-0.15, -0.1) is 0 Å². The first kappa shape index (κ1) is 12.2. The molecule has 1 amide bonds. The first-order valence-electron chi connectivity index (χ1n) is 6.19. The molecule has 0 bridgehead atoms. The van der Waals surface area contributed by atoms with E-state index < -0.39 is 5.91 Å². The fourth-order valence-electron chi connectivity index (χ4n) is 1.95. The predicted molar refractivity (Wildman–Crippen MR) is 75.4 cm³/mol. The first-order valence-corrected chi connectivity index (χ1v) is 6.19. The number of imidazole rings is 1. The normalized spacial score (nSPS) is 10.6. The monoisotopic (exact) mass is 267 g/mol. The van der Waals surface area contributed by atoms with Crippen LogP contribution < -0.4 is 10.5 Å². The topological polar surface area (TPSA) is 81.0 Å². The smallest absolute Gasteiger partial charge is 0.248 e. The summed E-state index contributed by atoms with van der Waals surface area (Å²) in [6.07, 6.45) is 0. The van der Waals surface area contributed by atoms with Crippen molar-refractivity contribution in [2.75, 3.05) is 0 Å². The van der Waals surface area contributed by atoms with E-state index in [-0.39, 0.29) is 0 Å². The van der Waals surface area contributed by atoms with Gasteiger partial charge in [0.15, 0.2) is 0 Å². The van der Waals surface area contributed by atoms with Crippen molar-refractivity contribution in [2.45, 2.75) is 6.61 Å².